The SMILES string of the molecule is CCOC(=O)C1=C(C)NC2=C(C(=O)OC2)C1c1ccccc1Nc1nc(-c2ccccc2)cs1. The average Bonchev–Trinajstić information content (AvgIpc) is 3.46. The molecule has 3 aromatic rings. The molecule has 8 heteroatoms. The van der Waals surface area contributed by atoms with Crippen molar-refractivity contribution in [1.29, 1.82) is 0 Å². The zero-order valence-corrected chi connectivity index (χ0v) is 19.6. The normalized spacial score (nSPS) is 17.2. The number of hydrogen-bond donors (Lipinski definition) is 2. The first-order chi connectivity index (χ1) is 16.6. The number of aromatic nitrogens is 1. The van der Waals surface area contributed by atoms with Crippen LogP contribution in [0.15, 0.2) is 82.5 Å². The number of dihydropyridines is 1. The topological polar surface area (TPSA) is 89.5 Å². The number of cyclic esters (lactones) is 1. The van der Waals surface area contributed by atoms with E-state index < -0.39 is 17.9 Å². The number of carbonyl (C=O) groups is 2. The standard InChI is InChI=1S/C26H23N3O4S/c1-3-32-24(30)21-15(2)27-19-13-33-25(31)23(19)22(21)17-11-7-8-12-18(17)28-26-29-20(14-34-26)16-9-5-4-6-10-16/h4-12,14,22,27H,3,13H2,1-2H3,(H,28,29). The van der Waals surface area contributed by atoms with Crippen LogP contribution in [0.25, 0.3) is 11.3 Å². The number of para-hydroxylation sites is 1. The van der Waals surface area contributed by atoms with Crippen LogP contribution in [0.5, 0.6) is 0 Å². The minimum absolute atomic E-state index is 0.153. The van der Waals surface area contributed by atoms with E-state index in [9.17, 15) is 9.59 Å². The fourth-order valence-corrected chi connectivity index (χ4v) is 5.04. The molecule has 0 fully saturated rings. The van der Waals surface area contributed by atoms with Crippen LogP contribution in [0.2, 0.25) is 0 Å². The number of anilines is 2. The molecule has 1 unspecified atom stereocenters. The molecule has 2 aromatic carbocycles. The van der Waals surface area contributed by atoms with Gasteiger partial charge in [0.25, 0.3) is 0 Å². The second-order valence-corrected chi connectivity index (χ2v) is 8.76. The Bertz CT molecular complexity index is 1330. The van der Waals surface area contributed by atoms with E-state index in [-0.39, 0.29) is 13.2 Å². The molecule has 172 valence electrons. The molecule has 0 spiro atoms. The fraction of sp³-hybridized carbons (Fsp3) is 0.192. The van der Waals surface area contributed by atoms with Crippen LogP contribution in [0.3, 0.4) is 0 Å². The van der Waals surface area contributed by atoms with Crippen molar-refractivity contribution in [1.82, 2.24) is 10.3 Å². The fourth-order valence-electron chi connectivity index (χ4n) is 4.31. The average molecular weight is 474 g/mol. The number of thiazole rings is 1. The number of allylic oxidation sites excluding steroid dienone is 1. The maximum atomic E-state index is 13.0. The predicted octanol–water partition coefficient (Wildman–Crippen LogP) is 4.89. The number of nitrogens with one attached hydrogen (secondary N) is 2. The van der Waals surface area contributed by atoms with Crippen molar-refractivity contribution < 1.29 is 19.1 Å². The molecule has 2 aliphatic rings. The number of benzene rings is 2. The second-order valence-electron chi connectivity index (χ2n) is 7.90. The molecule has 1 atom stereocenters. The number of rotatable bonds is 6. The Balaban J connectivity index is 1.55. The number of ether oxygens (including phenoxy) is 2. The molecule has 0 bridgehead atoms. The highest BCUT2D eigenvalue weighted by Gasteiger charge is 2.42. The highest BCUT2D eigenvalue weighted by Crippen LogP contribution is 2.44. The van der Waals surface area contributed by atoms with Crippen LogP contribution >= 0.6 is 11.3 Å². The van der Waals surface area contributed by atoms with Gasteiger partial charge in [-0.1, -0.05) is 48.5 Å². The zero-order valence-electron chi connectivity index (χ0n) is 18.8. The molecule has 2 N–H and O–H groups in total. The monoisotopic (exact) mass is 473 g/mol. The smallest absolute Gasteiger partial charge is 0.337 e. The lowest BCUT2D eigenvalue weighted by atomic mass is 9.80. The summed E-state index contributed by atoms with van der Waals surface area (Å²) < 4.78 is 10.7. The lowest BCUT2D eigenvalue weighted by Crippen LogP contribution is -2.30. The van der Waals surface area contributed by atoms with E-state index in [1.165, 1.54) is 11.3 Å². The number of carbonyl (C=O) groups excluding carboxylic acids is 2. The molecule has 0 saturated heterocycles. The first-order valence-electron chi connectivity index (χ1n) is 11.0. The quantitative estimate of drug-likeness (QED) is 0.493. The second kappa shape index (κ2) is 9.15. The minimum Gasteiger partial charge on any atom is -0.463 e. The van der Waals surface area contributed by atoms with E-state index in [1.807, 2.05) is 66.9 Å². The van der Waals surface area contributed by atoms with Crippen molar-refractivity contribution in [2.24, 2.45) is 0 Å². The molecule has 0 radical (unpaired) electrons. The Morgan fingerprint density at radius 2 is 1.97 bits per heavy atom. The van der Waals surface area contributed by atoms with Gasteiger partial charge in [0.05, 0.1) is 35.1 Å². The van der Waals surface area contributed by atoms with Crippen LogP contribution in [-0.4, -0.2) is 30.1 Å². The molecule has 5 rings (SSSR count). The van der Waals surface area contributed by atoms with Gasteiger partial charge in [0.2, 0.25) is 0 Å². The molecule has 0 aliphatic carbocycles. The Morgan fingerprint density at radius 3 is 2.76 bits per heavy atom. The van der Waals surface area contributed by atoms with Crippen molar-refractivity contribution in [2.45, 2.75) is 19.8 Å². The highest BCUT2D eigenvalue weighted by atomic mass is 32.1. The van der Waals surface area contributed by atoms with Gasteiger partial charge in [0.1, 0.15) is 6.61 Å². The summed E-state index contributed by atoms with van der Waals surface area (Å²) >= 11 is 1.49. The Morgan fingerprint density at radius 1 is 1.21 bits per heavy atom. The number of nitrogens with zero attached hydrogens (tertiary/aromatic N) is 1. The Kier molecular flexibility index (Phi) is 5.90. The van der Waals surface area contributed by atoms with Crippen molar-refractivity contribution >= 4 is 34.1 Å². The summed E-state index contributed by atoms with van der Waals surface area (Å²) in [5.74, 6) is -1.51. The molecule has 1 aromatic heterocycles. The minimum atomic E-state index is -0.623. The summed E-state index contributed by atoms with van der Waals surface area (Å²) in [6.07, 6.45) is 0. The van der Waals surface area contributed by atoms with E-state index in [0.29, 0.717) is 27.7 Å². The van der Waals surface area contributed by atoms with Gasteiger partial charge in [-0.25, -0.2) is 14.6 Å². The van der Waals surface area contributed by atoms with E-state index in [1.54, 1.807) is 6.92 Å². The maximum absolute atomic E-state index is 13.0. The molecule has 34 heavy (non-hydrogen) atoms. The molecule has 3 heterocycles. The third kappa shape index (κ3) is 3.97. The summed E-state index contributed by atoms with van der Waals surface area (Å²) in [6, 6.07) is 17.6. The van der Waals surface area contributed by atoms with Crippen LogP contribution in [0.1, 0.15) is 25.3 Å². The van der Waals surface area contributed by atoms with E-state index >= 15 is 0 Å². The summed E-state index contributed by atoms with van der Waals surface area (Å²) in [6.45, 7) is 3.96. The Hall–Kier alpha value is -3.91. The lowest BCUT2D eigenvalue weighted by Gasteiger charge is -2.28. The third-order valence-corrected chi connectivity index (χ3v) is 6.55. The van der Waals surface area contributed by atoms with Gasteiger partial charge in [0, 0.05) is 22.3 Å². The summed E-state index contributed by atoms with van der Waals surface area (Å²) in [7, 11) is 0. The number of esters is 2. The molecular formula is C26H23N3O4S. The molecule has 7 nitrogen and oxygen atoms in total. The summed E-state index contributed by atoms with van der Waals surface area (Å²) in [5, 5.41) is 9.27. The first kappa shape index (κ1) is 21.9. The third-order valence-electron chi connectivity index (χ3n) is 5.79. The van der Waals surface area contributed by atoms with Crippen molar-refractivity contribution in [3.8, 4) is 11.3 Å². The van der Waals surface area contributed by atoms with E-state index in [0.717, 1.165) is 22.5 Å². The van der Waals surface area contributed by atoms with E-state index in [4.69, 9.17) is 14.5 Å². The maximum Gasteiger partial charge on any atom is 0.337 e. The van der Waals surface area contributed by atoms with Crippen molar-refractivity contribution in [2.75, 3.05) is 18.5 Å². The zero-order chi connectivity index (χ0) is 23.7. The Labute approximate surface area is 201 Å². The lowest BCUT2D eigenvalue weighted by molar-refractivity contribution is -0.138. The van der Waals surface area contributed by atoms with Gasteiger partial charge in [-0.05, 0) is 25.5 Å². The van der Waals surface area contributed by atoms with Gasteiger partial charge in [-0.15, -0.1) is 11.3 Å². The van der Waals surface area contributed by atoms with E-state index in [2.05, 4.69) is 10.6 Å². The van der Waals surface area contributed by atoms with Gasteiger partial charge < -0.3 is 20.1 Å². The number of hydrogen-bond acceptors (Lipinski definition) is 8. The van der Waals surface area contributed by atoms with Crippen LogP contribution in [0, 0.1) is 0 Å². The van der Waals surface area contributed by atoms with Crippen LogP contribution < -0.4 is 10.6 Å². The summed E-state index contributed by atoms with van der Waals surface area (Å²) in [4.78, 5) is 30.5. The highest BCUT2D eigenvalue weighted by molar-refractivity contribution is 7.14. The predicted molar refractivity (Wildman–Crippen MR) is 130 cm³/mol. The molecule has 0 amide bonds. The first-order valence-corrected chi connectivity index (χ1v) is 11.9. The van der Waals surface area contributed by atoms with Crippen LogP contribution in [-0.2, 0) is 19.1 Å². The largest absolute Gasteiger partial charge is 0.463 e. The van der Waals surface area contributed by atoms with Gasteiger partial charge in [-0.3, -0.25) is 0 Å². The molecule has 2 aliphatic heterocycles. The van der Waals surface area contributed by atoms with Gasteiger partial charge in [-0.2, -0.15) is 0 Å². The van der Waals surface area contributed by atoms with Gasteiger partial charge >= 0.3 is 11.9 Å². The molecule has 0 saturated carbocycles. The molecular weight excluding hydrogens is 450 g/mol. The van der Waals surface area contributed by atoms with Crippen LogP contribution in [0.4, 0.5) is 10.8 Å². The summed E-state index contributed by atoms with van der Waals surface area (Å²) in [5.41, 5.74) is 5.60. The van der Waals surface area contributed by atoms with Gasteiger partial charge in [0.15, 0.2) is 5.13 Å². The van der Waals surface area contributed by atoms with Crippen molar-refractivity contribution in [3.05, 3.63) is 88.1 Å². The van der Waals surface area contributed by atoms with Crippen molar-refractivity contribution in [3.63, 3.8) is 0 Å².